The number of sulfone groups is 1. The second-order valence-corrected chi connectivity index (χ2v) is 6.74. The Morgan fingerprint density at radius 3 is 2.45 bits per heavy atom. The van der Waals surface area contributed by atoms with E-state index in [0.29, 0.717) is 0 Å². The topological polar surface area (TPSA) is 124 Å². The van der Waals surface area contributed by atoms with Gasteiger partial charge in [0.2, 0.25) is 0 Å². The molecule has 0 radical (unpaired) electrons. The normalized spacial score (nSPS) is 17.7. The van der Waals surface area contributed by atoms with Crippen LogP contribution in [0.5, 0.6) is 0 Å². The number of nitro groups is 1. The largest absolute Gasteiger partial charge is 0.393 e. The third-order valence-corrected chi connectivity index (χ3v) is 4.75. The number of carbonyl (C=O) groups excluding carboxylic acids is 1. The van der Waals surface area contributed by atoms with E-state index < -0.39 is 20.7 Å². The van der Waals surface area contributed by atoms with Crippen LogP contribution < -0.4 is 5.73 Å². The molecule has 2 N–H and O–H groups in total. The van der Waals surface area contributed by atoms with Gasteiger partial charge in [-0.3, -0.25) is 14.9 Å². The summed E-state index contributed by atoms with van der Waals surface area (Å²) >= 11 is 0. The van der Waals surface area contributed by atoms with Crippen molar-refractivity contribution in [3.63, 3.8) is 0 Å². The molecule has 0 unspecified atom stereocenters. The molecule has 108 valence electrons. The zero-order chi connectivity index (χ0) is 14.9. The van der Waals surface area contributed by atoms with Crippen molar-refractivity contribution >= 4 is 27.1 Å². The monoisotopic (exact) mass is 299 g/mol. The van der Waals surface area contributed by atoms with Crippen molar-refractivity contribution < 1.29 is 18.1 Å². The number of anilines is 1. The second-order valence-electron chi connectivity index (χ2n) is 4.44. The van der Waals surface area contributed by atoms with Gasteiger partial charge >= 0.3 is 0 Å². The summed E-state index contributed by atoms with van der Waals surface area (Å²) in [5.41, 5.74) is 5.13. The predicted molar refractivity (Wildman–Crippen MR) is 72.1 cm³/mol. The Bertz CT molecular complexity index is 657. The van der Waals surface area contributed by atoms with Crippen LogP contribution in [0.2, 0.25) is 0 Å². The summed E-state index contributed by atoms with van der Waals surface area (Å²) in [5.74, 6) is -0.692. The standard InChI is InChI=1S/C11H13N3O5S/c12-10-8(2-1-3-9(10)14(16)17)11(15)13-4-6-20(18,19)7-5-13/h1-3H,4-7,12H2. The van der Waals surface area contributed by atoms with Gasteiger partial charge in [-0.25, -0.2) is 8.42 Å². The van der Waals surface area contributed by atoms with Gasteiger partial charge in [0.25, 0.3) is 11.6 Å². The van der Waals surface area contributed by atoms with E-state index in [1.807, 2.05) is 0 Å². The van der Waals surface area contributed by atoms with E-state index in [1.165, 1.54) is 23.1 Å². The van der Waals surface area contributed by atoms with Crippen LogP contribution in [0.4, 0.5) is 11.4 Å². The summed E-state index contributed by atoms with van der Waals surface area (Å²) in [5, 5.41) is 10.8. The van der Waals surface area contributed by atoms with E-state index >= 15 is 0 Å². The van der Waals surface area contributed by atoms with Gasteiger partial charge in [0.15, 0.2) is 9.84 Å². The molecule has 0 aliphatic carbocycles. The Morgan fingerprint density at radius 1 is 1.30 bits per heavy atom. The van der Waals surface area contributed by atoms with Gasteiger partial charge in [0, 0.05) is 19.2 Å². The van der Waals surface area contributed by atoms with Gasteiger partial charge < -0.3 is 10.6 Å². The van der Waals surface area contributed by atoms with Crippen molar-refractivity contribution in [3.05, 3.63) is 33.9 Å². The van der Waals surface area contributed by atoms with E-state index in [9.17, 15) is 23.3 Å². The number of hydrogen-bond acceptors (Lipinski definition) is 6. The third-order valence-electron chi connectivity index (χ3n) is 3.14. The molecule has 1 saturated heterocycles. The highest BCUT2D eigenvalue weighted by atomic mass is 32.2. The minimum atomic E-state index is -3.10. The number of carbonyl (C=O) groups is 1. The number of benzene rings is 1. The number of nitrogen functional groups attached to an aromatic ring is 1. The van der Waals surface area contributed by atoms with Crippen molar-refractivity contribution in [2.75, 3.05) is 30.3 Å². The Hall–Kier alpha value is -2.16. The molecule has 0 saturated carbocycles. The van der Waals surface area contributed by atoms with Crippen LogP contribution in [0, 0.1) is 10.1 Å². The fraction of sp³-hybridized carbons (Fsp3) is 0.364. The highest BCUT2D eigenvalue weighted by Crippen LogP contribution is 2.26. The molecule has 0 spiro atoms. The molecule has 2 rings (SSSR count). The molecule has 1 amide bonds. The van der Waals surface area contributed by atoms with Gasteiger partial charge in [-0.05, 0) is 6.07 Å². The maximum Gasteiger partial charge on any atom is 0.292 e. The summed E-state index contributed by atoms with van der Waals surface area (Å²) in [6.45, 7) is 0.145. The van der Waals surface area contributed by atoms with Gasteiger partial charge in [0.05, 0.1) is 22.0 Å². The maximum atomic E-state index is 12.2. The fourth-order valence-electron chi connectivity index (χ4n) is 1.98. The zero-order valence-electron chi connectivity index (χ0n) is 10.5. The number of nitrogens with two attached hydrogens (primary N) is 1. The fourth-order valence-corrected chi connectivity index (χ4v) is 3.19. The minimum absolute atomic E-state index is 0.0264. The molecule has 1 aromatic rings. The molecule has 1 aliphatic rings. The number of nitrogens with zero attached hydrogens (tertiary/aromatic N) is 2. The maximum absolute atomic E-state index is 12.2. The van der Waals surface area contributed by atoms with Crippen molar-refractivity contribution in [2.45, 2.75) is 0 Å². The number of para-hydroxylation sites is 1. The van der Waals surface area contributed by atoms with Crippen molar-refractivity contribution in [1.82, 2.24) is 4.90 Å². The molecular weight excluding hydrogens is 286 g/mol. The van der Waals surface area contributed by atoms with Crippen LogP contribution in [0.15, 0.2) is 18.2 Å². The second kappa shape index (κ2) is 5.08. The van der Waals surface area contributed by atoms with Crippen molar-refractivity contribution in [2.24, 2.45) is 0 Å². The third kappa shape index (κ3) is 2.72. The van der Waals surface area contributed by atoms with E-state index in [2.05, 4.69) is 0 Å². The Kier molecular flexibility index (Phi) is 3.62. The van der Waals surface area contributed by atoms with Gasteiger partial charge in [-0.2, -0.15) is 0 Å². The van der Waals surface area contributed by atoms with E-state index in [-0.39, 0.29) is 41.5 Å². The van der Waals surface area contributed by atoms with E-state index in [4.69, 9.17) is 5.73 Å². The summed E-state index contributed by atoms with van der Waals surface area (Å²) in [6, 6.07) is 3.99. The van der Waals surface area contributed by atoms with Gasteiger partial charge in [-0.1, -0.05) is 6.07 Å². The summed E-state index contributed by atoms with van der Waals surface area (Å²) in [4.78, 5) is 23.7. The lowest BCUT2D eigenvalue weighted by Crippen LogP contribution is -2.43. The van der Waals surface area contributed by atoms with Crippen LogP contribution in [0.3, 0.4) is 0 Å². The molecule has 20 heavy (non-hydrogen) atoms. The van der Waals surface area contributed by atoms with Crippen molar-refractivity contribution in [3.8, 4) is 0 Å². The molecule has 9 heteroatoms. The van der Waals surface area contributed by atoms with Crippen LogP contribution in [0.25, 0.3) is 0 Å². The quantitative estimate of drug-likeness (QED) is 0.467. The lowest BCUT2D eigenvalue weighted by molar-refractivity contribution is -0.383. The van der Waals surface area contributed by atoms with Gasteiger partial charge in [0.1, 0.15) is 5.69 Å². The predicted octanol–water partition coefficient (Wildman–Crippen LogP) is 0.0476. The first-order valence-corrected chi connectivity index (χ1v) is 7.66. The smallest absolute Gasteiger partial charge is 0.292 e. The Morgan fingerprint density at radius 2 is 1.90 bits per heavy atom. The molecule has 1 aliphatic heterocycles. The molecule has 1 heterocycles. The van der Waals surface area contributed by atoms with E-state index in [1.54, 1.807) is 0 Å². The summed E-state index contributed by atoms with van der Waals surface area (Å²) < 4.78 is 22.6. The highest BCUT2D eigenvalue weighted by Gasteiger charge is 2.28. The van der Waals surface area contributed by atoms with Crippen LogP contribution in [-0.4, -0.2) is 48.7 Å². The Balaban J connectivity index is 2.27. The average Bonchev–Trinajstić information content (AvgIpc) is 2.38. The van der Waals surface area contributed by atoms with Crippen LogP contribution >= 0.6 is 0 Å². The summed E-state index contributed by atoms with van der Waals surface area (Å²) in [7, 11) is -3.10. The molecule has 0 aromatic heterocycles. The highest BCUT2D eigenvalue weighted by molar-refractivity contribution is 7.91. The molecule has 8 nitrogen and oxygen atoms in total. The zero-order valence-corrected chi connectivity index (χ0v) is 11.3. The molecule has 1 fully saturated rings. The lowest BCUT2D eigenvalue weighted by atomic mass is 10.1. The van der Waals surface area contributed by atoms with Crippen LogP contribution in [-0.2, 0) is 9.84 Å². The lowest BCUT2D eigenvalue weighted by Gasteiger charge is -2.27. The summed E-state index contributed by atoms with van der Waals surface area (Å²) in [6.07, 6.45) is 0. The Labute approximate surface area is 115 Å². The number of rotatable bonds is 2. The molecule has 0 atom stereocenters. The van der Waals surface area contributed by atoms with E-state index in [0.717, 1.165) is 0 Å². The molecular formula is C11H13N3O5S. The minimum Gasteiger partial charge on any atom is -0.393 e. The first kappa shape index (κ1) is 14.3. The number of hydrogen-bond donors (Lipinski definition) is 1. The SMILES string of the molecule is Nc1c(C(=O)N2CCS(=O)(=O)CC2)cccc1[N+](=O)[O-]. The van der Waals surface area contributed by atoms with Crippen LogP contribution in [0.1, 0.15) is 10.4 Å². The van der Waals surface area contributed by atoms with Gasteiger partial charge in [-0.15, -0.1) is 0 Å². The first-order valence-electron chi connectivity index (χ1n) is 5.84. The molecule has 0 bridgehead atoms. The molecule has 1 aromatic carbocycles. The average molecular weight is 299 g/mol. The van der Waals surface area contributed by atoms with Crippen molar-refractivity contribution in [1.29, 1.82) is 0 Å². The number of amides is 1. The first-order chi connectivity index (χ1) is 9.32. The number of nitro benzene ring substituents is 1.